The second-order valence-electron chi connectivity index (χ2n) is 4.98. The highest BCUT2D eigenvalue weighted by atomic mass is 16.5. The number of rotatable bonds is 6. The summed E-state index contributed by atoms with van der Waals surface area (Å²) in [5.74, 6) is 1.09. The Kier molecular flexibility index (Phi) is 4.80. The number of hydrogen-bond acceptors (Lipinski definition) is 3. The number of nitrogens with one attached hydrogen (secondary N) is 1. The summed E-state index contributed by atoms with van der Waals surface area (Å²) in [5.41, 5.74) is 1.14. The van der Waals surface area contributed by atoms with Crippen LogP contribution in [0.2, 0.25) is 0 Å². The Morgan fingerprint density at radius 2 is 2.11 bits per heavy atom. The van der Waals surface area contributed by atoms with Crippen molar-refractivity contribution in [3.63, 3.8) is 0 Å². The number of likely N-dealkylation sites (tertiary alicyclic amines) is 1. The Labute approximate surface area is 114 Å². The number of amides is 1. The van der Waals surface area contributed by atoms with Crippen LogP contribution < -0.4 is 10.1 Å². The second-order valence-corrected chi connectivity index (χ2v) is 4.98. The average molecular weight is 262 g/mol. The lowest BCUT2D eigenvalue weighted by Crippen LogP contribution is -2.33. The van der Waals surface area contributed by atoms with Gasteiger partial charge >= 0.3 is 0 Å². The van der Waals surface area contributed by atoms with Crippen molar-refractivity contribution in [1.82, 2.24) is 10.2 Å². The van der Waals surface area contributed by atoms with E-state index in [1.165, 1.54) is 0 Å². The molecule has 0 bridgehead atoms. The van der Waals surface area contributed by atoms with Gasteiger partial charge in [-0.05, 0) is 30.7 Å². The molecule has 1 unspecified atom stereocenters. The summed E-state index contributed by atoms with van der Waals surface area (Å²) in [5, 5.41) is 3.41. The third-order valence-electron chi connectivity index (χ3n) is 3.43. The zero-order valence-corrected chi connectivity index (χ0v) is 11.7. The SMILES string of the molecule is CCCNC1CC(=O)N(Cc2ccc(OC)cc2)C1. The molecule has 1 atom stereocenters. The fraction of sp³-hybridized carbons (Fsp3) is 0.533. The maximum Gasteiger partial charge on any atom is 0.224 e. The van der Waals surface area contributed by atoms with Gasteiger partial charge in [0.2, 0.25) is 5.91 Å². The summed E-state index contributed by atoms with van der Waals surface area (Å²) in [6.45, 7) is 4.62. The summed E-state index contributed by atoms with van der Waals surface area (Å²) in [6, 6.07) is 8.20. The fourth-order valence-electron chi connectivity index (χ4n) is 2.36. The number of methoxy groups -OCH3 is 1. The van der Waals surface area contributed by atoms with Crippen LogP contribution in [0.4, 0.5) is 0 Å². The van der Waals surface area contributed by atoms with E-state index in [1.807, 2.05) is 29.2 Å². The number of carbonyl (C=O) groups is 1. The van der Waals surface area contributed by atoms with Crippen molar-refractivity contribution >= 4 is 5.91 Å². The molecule has 0 radical (unpaired) electrons. The van der Waals surface area contributed by atoms with Crippen molar-refractivity contribution in [1.29, 1.82) is 0 Å². The monoisotopic (exact) mass is 262 g/mol. The summed E-state index contributed by atoms with van der Waals surface area (Å²) in [4.78, 5) is 13.9. The summed E-state index contributed by atoms with van der Waals surface area (Å²) >= 11 is 0. The number of hydrogen-bond donors (Lipinski definition) is 1. The van der Waals surface area contributed by atoms with Crippen molar-refractivity contribution in [3.8, 4) is 5.75 Å². The fourth-order valence-corrected chi connectivity index (χ4v) is 2.36. The predicted molar refractivity (Wildman–Crippen MR) is 75.1 cm³/mol. The summed E-state index contributed by atoms with van der Waals surface area (Å²) in [7, 11) is 1.66. The van der Waals surface area contributed by atoms with Crippen LogP contribution in [0.3, 0.4) is 0 Å². The molecule has 1 aliphatic heterocycles. The second kappa shape index (κ2) is 6.57. The Morgan fingerprint density at radius 3 is 2.74 bits per heavy atom. The van der Waals surface area contributed by atoms with Gasteiger partial charge in [0, 0.05) is 25.6 Å². The number of ether oxygens (including phenoxy) is 1. The first-order chi connectivity index (χ1) is 9.22. The van der Waals surface area contributed by atoms with Gasteiger partial charge in [0.25, 0.3) is 0 Å². The molecule has 0 spiro atoms. The van der Waals surface area contributed by atoms with Gasteiger partial charge in [0.15, 0.2) is 0 Å². The van der Waals surface area contributed by atoms with Crippen molar-refractivity contribution in [2.45, 2.75) is 32.4 Å². The third-order valence-corrected chi connectivity index (χ3v) is 3.43. The smallest absolute Gasteiger partial charge is 0.224 e. The lowest BCUT2D eigenvalue weighted by Gasteiger charge is -2.17. The molecule has 0 saturated carbocycles. The molecule has 4 heteroatoms. The Bertz CT molecular complexity index is 417. The van der Waals surface area contributed by atoms with E-state index in [9.17, 15) is 4.79 Å². The van der Waals surface area contributed by atoms with Crippen LogP contribution in [0.15, 0.2) is 24.3 Å². The van der Waals surface area contributed by atoms with Gasteiger partial charge in [0.05, 0.1) is 7.11 Å². The van der Waals surface area contributed by atoms with Gasteiger partial charge in [-0.25, -0.2) is 0 Å². The molecule has 1 aromatic carbocycles. The molecular formula is C15H22N2O2. The zero-order chi connectivity index (χ0) is 13.7. The van der Waals surface area contributed by atoms with Crippen molar-refractivity contribution < 1.29 is 9.53 Å². The number of nitrogens with zero attached hydrogens (tertiary/aromatic N) is 1. The van der Waals surface area contributed by atoms with E-state index in [4.69, 9.17) is 4.74 Å². The van der Waals surface area contributed by atoms with Crippen LogP contribution in [-0.2, 0) is 11.3 Å². The maximum absolute atomic E-state index is 11.9. The van der Waals surface area contributed by atoms with E-state index in [0.29, 0.717) is 19.0 Å². The van der Waals surface area contributed by atoms with Crippen LogP contribution in [0.25, 0.3) is 0 Å². The van der Waals surface area contributed by atoms with E-state index >= 15 is 0 Å². The van der Waals surface area contributed by atoms with Crippen molar-refractivity contribution in [2.75, 3.05) is 20.2 Å². The highest BCUT2D eigenvalue weighted by Crippen LogP contribution is 2.17. The van der Waals surface area contributed by atoms with Gasteiger partial charge in [-0.15, -0.1) is 0 Å². The Hall–Kier alpha value is -1.55. The molecule has 2 rings (SSSR count). The molecule has 1 fully saturated rings. The quantitative estimate of drug-likeness (QED) is 0.850. The lowest BCUT2D eigenvalue weighted by molar-refractivity contribution is -0.128. The molecule has 104 valence electrons. The van der Waals surface area contributed by atoms with Crippen LogP contribution in [-0.4, -0.2) is 37.0 Å². The van der Waals surface area contributed by atoms with E-state index < -0.39 is 0 Å². The average Bonchev–Trinajstić information content (AvgIpc) is 2.78. The van der Waals surface area contributed by atoms with E-state index in [-0.39, 0.29) is 5.91 Å². The topological polar surface area (TPSA) is 41.6 Å². The molecule has 1 amide bonds. The molecule has 4 nitrogen and oxygen atoms in total. The van der Waals surface area contributed by atoms with Gasteiger partial charge in [-0.3, -0.25) is 4.79 Å². The van der Waals surface area contributed by atoms with Crippen molar-refractivity contribution in [2.24, 2.45) is 0 Å². The van der Waals surface area contributed by atoms with E-state index in [0.717, 1.165) is 30.8 Å². The standard InChI is InChI=1S/C15H22N2O2/c1-3-8-16-13-9-15(18)17(11-13)10-12-4-6-14(19-2)7-5-12/h4-7,13,16H,3,8-11H2,1-2H3. The minimum atomic E-state index is 0.240. The minimum Gasteiger partial charge on any atom is -0.497 e. The highest BCUT2D eigenvalue weighted by molar-refractivity contribution is 5.79. The van der Waals surface area contributed by atoms with Crippen LogP contribution in [0.5, 0.6) is 5.75 Å². The van der Waals surface area contributed by atoms with Gasteiger partial charge < -0.3 is 15.0 Å². The number of carbonyl (C=O) groups excluding carboxylic acids is 1. The van der Waals surface area contributed by atoms with Crippen LogP contribution >= 0.6 is 0 Å². The Morgan fingerprint density at radius 1 is 1.37 bits per heavy atom. The molecule has 1 N–H and O–H groups in total. The van der Waals surface area contributed by atoms with Gasteiger partial charge in [-0.2, -0.15) is 0 Å². The molecule has 1 aromatic rings. The first-order valence-corrected chi connectivity index (χ1v) is 6.87. The summed E-state index contributed by atoms with van der Waals surface area (Å²) in [6.07, 6.45) is 1.72. The van der Waals surface area contributed by atoms with Gasteiger partial charge in [0.1, 0.15) is 5.75 Å². The van der Waals surface area contributed by atoms with E-state index in [1.54, 1.807) is 7.11 Å². The normalized spacial score (nSPS) is 18.9. The Balaban J connectivity index is 1.89. The van der Waals surface area contributed by atoms with Crippen molar-refractivity contribution in [3.05, 3.63) is 29.8 Å². The maximum atomic E-state index is 11.9. The molecule has 0 aliphatic carbocycles. The molecule has 1 heterocycles. The first kappa shape index (κ1) is 13.9. The predicted octanol–water partition coefficient (Wildman–Crippen LogP) is 1.80. The van der Waals surface area contributed by atoms with Gasteiger partial charge in [-0.1, -0.05) is 19.1 Å². The highest BCUT2D eigenvalue weighted by Gasteiger charge is 2.28. The molecule has 0 aromatic heterocycles. The molecule has 1 saturated heterocycles. The summed E-state index contributed by atoms with van der Waals surface area (Å²) < 4.78 is 5.13. The van der Waals surface area contributed by atoms with Crippen LogP contribution in [0.1, 0.15) is 25.3 Å². The minimum absolute atomic E-state index is 0.240. The molecule has 1 aliphatic rings. The zero-order valence-electron chi connectivity index (χ0n) is 11.7. The lowest BCUT2D eigenvalue weighted by atomic mass is 10.2. The third kappa shape index (κ3) is 3.70. The first-order valence-electron chi connectivity index (χ1n) is 6.87. The largest absolute Gasteiger partial charge is 0.497 e. The van der Waals surface area contributed by atoms with E-state index in [2.05, 4.69) is 12.2 Å². The number of benzene rings is 1. The molecular weight excluding hydrogens is 240 g/mol. The van der Waals surface area contributed by atoms with Crippen LogP contribution in [0, 0.1) is 0 Å². The molecule has 19 heavy (non-hydrogen) atoms.